The van der Waals surface area contributed by atoms with Crippen molar-refractivity contribution in [3.05, 3.63) is 54.4 Å². The van der Waals surface area contributed by atoms with Gasteiger partial charge in [-0.2, -0.15) is 5.10 Å². The molecule has 0 saturated heterocycles. The molecule has 0 amide bonds. The van der Waals surface area contributed by atoms with Gasteiger partial charge >= 0.3 is 0 Å². The highest BCUT2D eigenvalue weighted by Gasteiger charge is 1.98. The van der Waals surface area contributed by atoms with Crippen LogP contribution in [0.5, 0.6) is 5.75 Å². The molecule has 0 atom stereocenters. The highest BCUT2D eigenvalue weighted by Crippen LogP contribution is 2.15. The maximum atomic E-state index is 6.05. The zero-order chi connectivity index (χ0) is 12.8. The Bertz CT molecular complexity index is 526. The van der Waals surface area contributed by atoms with E-state index in [9.17, 15) is 0 Å². The van der Waals surface area contributed by atoms with Gasteiger partial charge in [-0.1, -0.05) is 11.6 Å². The van der Waals surface area contributed by atoms with Gasteiger partial charge in [-0.25, -0.2) is 0 Å². The first-order valence-corrected chi connectivity index (χ1v) is 5.71. The van der Waals surface area contributed by atoms with Gasteiger partial charge in [-0.3, -0.25) is 10.4 Å². The number of hydrogen-bond donors (Lipinski definition) is 1. The second kappa shape index (κ2) is 6.02. The summed E-state index contributed by atoms with van der Waals surface area (Å²) in [5.74, 6) is 0.796. The van der Waals surface area contributed by atoms with E-state index >= 15 is 0 Å². The lowest BCUT2D eigenvalue weighted by molar-refractivity contribution is 0.415. The Hall–Kier alpha value is -2.07. The normalized spacial score (nSPS) is 11.1. The minimum atomic E-state index is 0.383. The molecule has 2 rings (SSSR count). The number of nitrogens with one attached hydrogen (secondary N) is 1. The first-order chi connectivity index (χ1) is 8.79. The first kappa shape index (κ1) is 12.4. The van der Waals surface area contributed by atoms with E-state index in [-0.39, 0.29) is 0 Å². The number of hydrazone groups is 1. The molecular weight excluding hydrogens is 250 g/mol. The number of methoxy groups -OCH3 is 1. The predicted molar refractivity (Wildman–Crippen MR) is 73.2 cm³/mol. The number of rotatable bonds is 4. The number of nitrogens with zero attached hydrogens (tertiary/aromatic N) is 2. The van der Waals surface area contributed by atoms with Gasteiger partial charge in [0, 0.05) is 18.0 Å². The van der Waals surface area contributed by atoms with Gasteiger partial charge in [-0.15, -0.1) is 0 Å². The smallest absolute Gasteiger partial charge is 0.156 e. The number of halogens is 1. The molecule has 1 heterocycles. The molecule has 92 valence electrons. The molecule has 1 N–H and O–H groups in total. The fourth-order valence-electron chi connectivity index (χ4n) is 1.33. The third kappa shape index (κ3) is 3.21. The molecule has 4 nitrogen and oxygen atoms in total. The number of aromatic nitrogens is 1. The molecule has 1 aromatic heterocycles. The van der Waals surface area contributed by atoms with E-state index in [1.54, 1.807) is 31.6 Å². The predicted octanol–water partition coefficient (Wildman–Crippen LogP) is 3.10. The molecule has 0 aliphatic heterocycles. The summed E-state index contributed by atoms with van der Waals surface area (Å²) in [4.78, 5) is 3.92. The Labute approximate surface area is 110 Å². The SMILES string of the molecule is COc1ccc(N/N=C(\Cl)c2ccncc2)cc1. The van der Waals surface area contributed by atoms with Crippen molar-refractivity contribution in [1.82, 2.24) is 4.98 Å². The van der Waals surface area contributed by atoms with Gasteiger partial charge in [0.15, 0.2) is 5.17 Å². The molecule has 0 radical (unpaired) electrons. The van der Waals surface area contributed by atoms with E-state index in [1.165, 1.54) is 0 Å². The molecule has 0 bridgehead atoms. The zero-order valence-corrected chi connectivity index (χ0v) is 10.6. The molecule has 0 aliphatic carbocycles. The Kier molecular flexibility index (Phi) is 4.15. The van der Waals surface area contributed by atoms with Crippen LogP contribution in [0.15, 0.2) is 53.9 Å². The molecule has 0 aliphatic rings. The van der Waals surface area contributed by atoms with Gasteiger partial charge in [0.05, 0.1) is 12.8 Å². The van der Waals surface area contributed by atoms with E-state index in [1.807, 2.05) is 24.3 Å². The Balaban J connectivity index is 2.05. The number of anilines is 1. The van der Waals surface area contributed by atoms with Gasteiger partial charge < -0.3 is 4.74 Å². The van der Waals surface area contributed by atoms with E-state index < -0.39 is 0 Å². The standard InChI is InChI=1S/C13H12ClN3O/c1-18-12-4-2-11(3-5-12)16-17-13(14)10-6-8-15-9-7-10/h2-9,16H,1H3/b17-13-. The van der Waals surface area contributed by atoms with Crippen LogP contribution in [0.1, 0.15) is 5.56 Å². The molecule has 0 fully saturated rings. The third-order valence-electron chi connectivity index (χ3n) is 2.29. The van der Waals surface area contributed by atoms with Crippen LogP contribution in [0.25, 0.3) is 0 Å². The zero-order valence-electron chi connectivity index (χ0n) is 9.80. The Morgan fingerprint density at radius 3 is 2.44 bits per heavy atom. The van der Waals surface area contributed by atoms with Crippen LogP contribution in [0.2, 0.25) is 0 Å². The summed E-state index contributed by atoms with van der Waals surface area (Å²) in [5.41, 5.74) is 4.52. The minimum Gasteiger partial charge on any atom is -0.497 e. The van der Waals surface area contributed by atoms with Crippen molar-refractivity contribution >= 4 is 22.5 Å². The van der Waals surface area contributed by atoms with Gasteiger partial charge in [0.25, 0.3) is 0 Å². The monoisotopic (exact) mass is 261 g/mol. The van der Waals surface area contributed by atoms with Gasteiger partial charge in [-0.05, 0) is 36.4 Å². The van der Waals surface area contributed by atoms with Crippen LogP contribution in [-0.2, 0) is 0 Å². The second-order valence-corrected chi connectivity index (χ2v) is 3.84. The second-order valence-electron chi connectivity index (χ2n) is 3.48. The number of pyridine rings is 1. The maximum absolute atomic E-state index is 6.05. The van der Waals surface area contributed by atoms with Crippen molar-refractivity contribution in [3.8, 4) is 5.75 Å². The number of benzene rings is 1. The summed E-state index contributed by atoms with van der Waals surface area (Å²) in [7, 11) is 1.63. The van der Waals surface area contributed by atoms with Crippen molar-refractivity contribution in [2.75, 3.05) is 12.5 Å². The van der Waals surface area contributed by atoms with Crippen molar-refractivity contribution in [2.45, 2.75) is 0 Å². The molecule has 2 aromatic rings. The molecular formula is C13H12ClN3O. The fraction of sp³-hybridized carbons (Fsp3) is 0.0769. The quantitative estimate of drug-likeness (QED) is 0.680. The average molecular weight is 262 g/mol. The summed E-state index contributed by atoms with van der Waals surface area (Å²) in [6.07, 6.45) is 3.33. The maximum Gasteiger partial charge on any atom is 0.156 e. The molecule has 5 heteroatoms. The highest BCUT2D eigenvalue weighted by atomic mass is 35.5. The van der Waals surface area contributed by atoms with Crippen LogP contribution in [-0.4, -0.2) is 17.3 Å². The van der Waals surface area contributed by atoms with Crippen molar-refractivity contribution < 1.29 is 4.74 Å². The number of hydrogen-bond acceptors (Lipinski definition) is 4. The summed E-state index contributed by atoms with van der Waals surface area (Å²) in [6.45, 7) is 0. The largest absolute Gasteiger partial charge is 0.497 e. The van der Waals surface area contributed by atoms with Crippen molar-refractivity contribution in [2.24, 2.45) is 5.10 Å². The van der Waals surface area contributed by atoms with E-state index in [4.69, 9.17) is 16.3 Å². The van der Waals surface area contributed by atoms with Gasteiger partial charge in [0.2, 0.25) is 0 Å². The molecule has 18 heavy (non-hydrogen) atoms. The molecule has 0 saturated carbocycles. The van der Waals surface area contributed by atoms with Crippen molar-refractivity contribution in [3.63, 3.8) is 0 Å². The summed E-state index contributed by atoms with van der Waals surface area (Å²) >= 11 is 6.05. The Morgan fingerprint density at radius 1 is 1.17 bits per heavy atom. The lowest BCUT2D eigenvalue weighted by atomic mass is 10.3. The molecule has 0 spiro atoms. The summed E-state index contributed by atoms with van der Waals surface area (Å²) in [5, 5.41) is 4.47. The highest BCUT2D eigenvalue weighted by molar-refractivity contribution is 6.69. The van der Waals surface area contributed by atoms with E-state index in [0.29, 0.717) is 5.17 Å². The summed E-state index contributed by atoms with van der Waals surface area (Å²) in [6, 6.07) is 11.0. The van der Waals surface area contributed by atoms with E-state index in [0.717, 1.165) is 17.0 Å². The lowest BCUT2D eigenvalue weighted by Gasteiger charge is -2.03. The topological polar surface area (TPSA) is 46.5 Å². The van der Waals surface area contributed by atoms with Crippen LogP contribution >= 0.6 is 11.6 Å². The third-order valence-corrected chi connectivity index (χ3v) is 2.59. The first-order valence-electron chi connectivity index (χ1n) is 5.33. The minimum absolute atomic E-state index is 0.383. The van der Waals surface area contributed by atoms with Crippen LogP contribution < -0.4 is 10.2 Å². The van der Waals surface area contributed by atoms with Crippen LogP contribution in [0.4, 0.5) is 5.69 Å². The van der Waals surface area contributed by atoms with Crippen LogP contribution in [0.3, 0.4) is 0 Å². The van der Waals surface area contributed by atoms with Crippen LogP contribution in [0, 0.1) is 0 Å². The van der Waals surface area contributed by atoms with Crippen molar-refractivity contribution in [1.29, 1.82) is 0 Å². The summed E-state index contributed by atoms with van der Waals surface area (Å²) < 4.78 is 5.07. The number of ether oxygens (including phenoxy) is 1. The average Bonchev–Trinajstić information content (AvgIpc) is 2.46. The lowest BCUT2D eigenvalue weighted by Crippen LogP contribution is -1.97. The molecule has 1 aromatic carbocycles. The molecule has 0 unspecified atom stereocenters. The fourth-order valence-corrected chi connectivity index (χ4v) is 1.50. The van der Waals surface area contributed by atoms with E-state index in [2.05, 4.69) is 15.5 Å². The van der Waals surface area contributed by atoms with Gasteiger partial charge in [0.1, 0.15) is 5.75 Å². The Morgan fingerprint density at radius 2 is 1.83 bits per heavy atom.